The van der Waals surface area contributed by atoms with Gasteiger partial charge in [0.2, 0.25) is 0 Å². The van der Waals surface area contributed by atoms with Crippen molar-refractivity contribution >= 4 is 22.7 Å². The van der Waals surface area contributed by atoms with Crippen molar-refractivity contribution in [2.45, 2.75) is 26.3 Å². The van der Waals surface area contributed by atoms with Crippen LogP contribution in [0.4, 0.5) is 0 Å². The summed E-state index contributed by atoms with van der Waals surface area (Å²) in [5.41, 5.74) is 1.65. The van der Waals surface area contributed by atoms with Gasteiger partial charge in [0, 0.05) is 5.56 Å². The number of nitrogens with zero attached hydrogens (tertiary/aromatic N) is 3. The van der Waals surface area contributed by atoms with Gasteiger partial charge < -0.3 is 4.74 Å². The zero-order valence-electron chi connectivity index (χ0n) is 14.9. The third-order valence-electron chi connectivity index (χ3n) is 4.09. The predicted molar refractivity (Wildman–Crippen MR) is 99.5 cm³/mol. The summed E-state index contributed by atoms with van der Waals surface area (Å²) in [6.45, 7) is 1.30. The molecule has 2 aromatic carbocycles. The summed E-state index contributed by atoms with van der Waals surface area (Å²) in [5, 5.41) is 7.99. The number of esters is 1. The van der Waals surface area contributed by atoms with Crippen molar-refractivity contribution < 1.29 is 14.3 Å². The summed E-state index contributed by atoms with van der Waals surface area (Å²) < 4.78 is 5.92. The number of ether oxygens (including phenoxy) is 1. The lowest BCUT2D eigenvalue weighted by Gasteiger charge is -2.06. The van der Waals surface area contributed by atoms with E-state index in [-0.39, 0.29) is 12.4 Å². The van der Waals surface area contributed by atoms with Crippen molar-refractivity contribution in [3.8, 4) is 0 Å². The lowest BCUT2D eigenvalue weighted by molar-refractivity contribution is -0.143. The van der Waals surface area contributed by atoms with Crippen molar-refractivity contribution in [2.24, 2.45) is 0 Å². The van der Waals surface area contributed by atoms with Crippen molar-refractivity contribution in [3.05, 3.63) is 70.0 Å². The summed E-state index contributed by atoms with van der Waals surface area (Å²) in [5.74, 6) is -1.03. The molecule has 0 unspecified atom stereocenters. The number of ketones is 1. The molecule has 138 valence electrons. The normalized spacial score (nSPS) is 10.7. The summed E-state index contributed by atoms with van der Waals surface area (Å²) in [6.07, 6.45) is 1.98. The van der Waals surface area contributed by atoms with Crippen molar-refractivity contribution in [2.75, 3.05) is 6.61 Å². The first-order valence-electron chi connectivity index (χ1n) is 8.69. The molecule has 1 aromatic heterocycles. The van der Waals surface area contributed by atoms with Crippen molar-refractivity contribution in [1.29, 1.82) is 0 Å². The SMILES string of the molecule is CCCc1ccc(C(=O)COC(=O)Cn2nnc3ccccc3c2=O)cc1. The third kappa shape index (κ3) is 4.44. The van der Waals surface area contributed by atoms with Crippen LogP contribution in [0.25, 0.3) is 10.9 Å². The third-order valence-corrected chi connectivity index (χ3v) is 4.09. The summed E-state index contributed by atoms with van der Waals surface area (Å²) in [6, 6.07) is 14.0. The topological polar surface area (TPSA) is 91.2 Å². The van der Waals surface area contributed by atoms with Gasteiger partial charge in [0.1, 0.15) is 12.1 Å². The molecule has 0 aliphatic rings. The molecule has 0 aliphatic heterocycles. The maximum atomic E-state index is 12.3. The average Bonchev–Trinajstić information content (AvgIpc) is 2.69. The number of aromatic nitrogens is 3. The highest BCUT2D eigenvalue weighted by atomic mass is 16.5. The maximum absolute atomic E-state index is 12.3. The molecule has 0 saturated carbocycles. The van der Waals surface area contributed by atoms with Gasteiger partial charge in [0.05, 0.1) is 5.39 Å². The number of Topliss-reactive ketones (excluding diaryl/α,β-unsaturated/α-hetero) is 1. The Morgan fingerprint density at radius 3 is 2.56 bits per heavy atom. The average molecular weight is 365 g/mol. The summed E-state index contributed by atoms with van der Waals surface area (Å²) >= 11 is 0. The molecule has 0 atom stereocenters. The van der Waals surface area contributed by atoms with Crippen molar-refractivity contribution in [3.63, 3.8) is 0 Å². The lowest BCUT2D eigenvalue weighted by atomic mass is 10.1. The molecule has 1 heterocycles. The molecule has 0 spiro atoms. The van der Waals surface area contributed by atoms with E-state index < -0.39 is 18.1 Å². The second-order valence-electron chi connectivity index (χ2n) is 6.10. The zero-order chi connectivity index (χ0) is 19.2. The highest BCUT2D eigenvalue weighted by Gasteiger charge is 2.13. The number of hydrogen-bond acceptors (Lipinski definition) is 6. The smallest absolute Gasteiger partial charge is 0.328 e. The van der Waals surface area contributed by atoms with Gasteiger partial charge in [-0.15, -0.1) is 5.10 Å². The minimum atomic E-state index is -0.724. The number of fused-ring (bicyclic) bond motifs is 1. The first-order chi connectivity index (χ1) is 13.1. The van der Waals surface area contributed by atoms with Crippen LogP contribution < -0.4 is 5.56 Å². The van der Waals surface area contributed by atoms with Gasteiger partial charge in [0.25, 0.3) is 5.56 Å². The number of hydrogen-bond donors (Lipinski definition) is 0. The highest BCUT2D eigenvalue weighted by Crippen LogP contribution is 2.08. The number of carbonyl (C=O) groups is 2. The molecule has 3 rings (SSSR count). The van der Waals surface area contributed by atoms with Gasteiger partial charge in [0.15, 0.2) is 12.4 Å². The van der Waals surface area contributed by atoms with Crippen LogP contribution in [-0.2, 0) is 22.5 Å². The van der Waals surface area contributed by atoms with E-state index in [2.05, 4.69) is 17.2 Å². The maximum Gasteiger partial charge on any atom is 0.328 e. The fourth-order valence-electron chi connectivity index (χ4n) is 2.67. The van der Waals surface area contributed by atoms with E-state index in [0.717, 1.165) is 23.1 Å². The molecule has 0 saturated heterocycles. The van der Waals surface area contributed by atoms with E-state index in [1.54, 1.807) is 36.4 Å². The summed E-state index contributed by atoms with van der Waals surface area (Å²) in [7, 11) is 0. The van der Waals surface area contributed by atoms with E-state index >= 15 is 0 Å². The minimum absolute atomic E-state index is 0.302. The zero-order valence-corrected chi connectivity index (χ0v) is 14.9. The highest BCUT2D eigenvalue weighted by molar-refractivity contribution is 5.97. The monoisotopic (exact) mass is 365 g/mol. The molecular weight excluding hydrogens is 346 g/mol. The minimum Gasteiger partial charge on any atom is -0.456 e. The van der Waals surface area contributed by atoms with Crippen LogP contribution in [0, 0.1) is 0 Å². The molecular formula is C20H19N3O4. The van der Waals surface area contributed by atoms with Gasteiger partial charge in [-0.05, 0) is 24.1 Å². The molecule has 0 N–H and O–H groups in total. The number of rotatable bonds is 7. The number of aryl methyl sites for hydroxylation is 1. The quantitative estimate of drug-likeness (QED) is 0.471. The summed E-state index contributed by atoms with van der Waals surface area (Å²) in [4.78, 5) is 36.4. The molecule has 27 heavy (non-hydrogen) atoms. The molecule has 0 radical (unpaired) electrons. The second-order valence-corrected chi connectivity index (χ2v) is 6.10. The van der Waals surface area contributed by atoms with E-state index in [0.29, 0.717) is 16.5 Å². The van der Waals surface area contributed by atoms with E-state index in [1.807, 2.05) is 12.1 Å². The molecule has 7 heteroatoms. The van der Waals surface area contributed by atoms with Gasteiger partial charge in [-0.3, -0.25) is 14.4 Å². The van der Waals surface area contributed by atoms with Gasteiger partial charge >= 0.3 is 5.97 Å². The predicted octanol–water partition coefficient (Wildman–Crippen LogP) is 2.17. The van der Waals surface area contributed by atoms with Gasteiger partial charge in [-0.25, -0.2) is 0 Å². The van der Waals surface area contributed by atoms with Gasteiger partial charge in [-0.1, -0.05) is 55.0 Å². The Bertz CT molecular complexity index is 1030. The van der Waals surface area contributed by atoms with E-state index in [1.165, 1.54) is 0 Å². The fraction of sp³-hybridized carbons (Fsp3) is 0.250. The largest absolute Gasteiger partial charge is 0.456 e. The molecule has 0 fully saturated rings. The van der Waals surface area contributed by atoms with Crippen LogP contribution in [0.3, 0.4) is 0 Å². The van der Waals surface area contributed by atoms with Crippen LogP contribution in [0.1, 0.15) is 29.3 Å². The number of carbonyl (C=O) groups excluding carboxylic acids is 2. The Balaban J connectivity index is 1.60. The van der Waals surface area contributed by atoms with Crippen molar-refractivity contribution in [1.82, 2.24) is 15.0 Å². The Morgan fingerprint density at radius 1 is 1.07 bits per heavy atom. The van der Waals surface area contributed by atoms with Gasteiger partial charge in [-0.2, -0.15) is 4.68 Å². The Kier molecular flexibility index (Phi) is 5.71. The second kappa shape index (κ2) is 8.35. The fourth-order valence-corrected chi connectivity index (χ4v) is 2.67. The van der Waals surface area contributed by atoms with E-state index in [9.17, 15) is 14.4 Å². The standard InChI is InChI=1S/C20H19N3O4/c1-2-5-14-8-10-15(11-9-14)18(24)13-27-19(25)12-23-20(26)16-6-3-4-7-17(16)21-22-23/h3-4,6-11H,2,5,12-13H2,1H3. The van der Waals surface area contributed by atoms with Crippen LogP contribution in [0.5, 0.6) is 0 Å². The first kappa shape index (κ1) is 18.4. The Morgan fingerprint density at radius 2 is 1.81 bits per heavy atom. The molecule has 3 aromatic rings. The van der Waals surface area contributed by atoms with Crippen LogP contribution in [0.15, 0.2) is 53.3 Å². The van der Waals surface area contributed by atoms with Crippen LogP contribution in [-0.4, -0.2) is 33.4 Å². The Labute approximate surface area is 155 Å². The lowest BCUT2D eigenvalue weighted by Crippen LogP contribution is -2.29. The van der Waals surface area contributed by atoms with E-state index in [4.69, 9.17) is 4.74 Å². The number of benzene rings is 2. The first-order valence-corrected chi connectivity index (χ1v) is 8.69. The van der Waals surface area contributed by atoms with Crippen LogP contribution >= 0.6 is 0 Å². The molecule has 0 bridgehead atoms. The Hall–Kier alpha value is -3.35. The van der Waals surface area contributed by atoms with Crippen LogP contribution in [0.2, 0.25) is 0 Å². The molecule has 0 aliphatic carbocycles. The molecule has 7 nitrogen and oxygen atoms in total. The molecule has 0 amide bonds.